The first kappa shape index (κ1) is 18.5. The molecule has 2 N–H and O–H groups in total. The van der Waals surface area contributed by atoms with Gasteiger partial charge in [-0.2, -0.15) is 0 Å². The predicted octanol–water partition coefficient (Wildman–Crippen LogP) is 2.52. The van der Waals surface area contributed by atoms with Gasteiger partial charge in [0, 0.05) is 18.4 Å². The van der Waals surface area contributed by atoms with E-state index in [4.69, 9.17) is 22.1 Å². The molecule has 0 aliphatic carbocycles. The number of ketones is 1. The summed E-state index contributed by atoms with van der Waals surface area (Å²) in [6.45, 7) is 1.60. The number of para-hydroxylation sites is 1. The minimum absolute atomic E-state index is 0.0428. The zero-order valence-electron chi connectivity index (χ0n) is 13.1. The summed E-state index contributed by atoms with van der Waals surface area (Å²) < 4.78 is 9.85. The van der Waals surface area contributed by atoms with Crippen molar-refractivity contribution in [3.63, 3.8) is 0 Å². The second-order valence-electron chi connectivity index (χ2n) is 5.41. The molecule has 0 spiro atoms. The molecule has 0 saturated heterocycles. The van der Waals surface area contributed by atoms with Gasteiger partial charge in [-0.1, -0.05) is 23.7 Å². The second kappa shape index (κ2) is 8.15. The van der Waals surface area contributed by atoms with E-state index < -0.39 is 11.5 Å². The first-order valence-corrected chi connectivity index (χ1v) is 7.40. The molecule has 0 aliphatic heterocycles. The average Bonchev–Trinajstić information content (AvgIpc) is 2.46. The summed E-state index contributed by atoms with van der Waals surface area (Å²) in [4.78, 5) is 23.5. The molecule has 5 nitrogen and oxygen atoms in total. The fourth-order valence-electron chi connectivity index (χ4n) is 2.21. The van der Waals surface area contributed by atoms with Crippen molar-refractivity contribution in [2.75, 3.05) is 14.2 Å². The molecule has 1 aromatic carbocycles. The molecule has 1 aromatic rings. The van der Waals surface area contributed by atoms with E-state index >= 15 is 0 Å². The van der Waals surface area contributed by atoms with Crippen molar-refractivity contribution in [3.8, 4) is 5.75 Å². The minimum atomic E-state index is -1.07. The van der Waals surface area contributed by atoms with E-state index in [-0.39, 0.29) is 12.2 Å². The normalized spacial score (nSPS) is 13.3. The number of carbonyl (C=O) groups is 2. The van der Waals surface area contributed by atoms with Crippen molar-refractivity contribution in [2.24, 2.45) is 5.73 Å². The molecule has 0 radical (unpaired) electrons. The maximum atomic E-state index is 12.1. The van der Waals surface area contributed by atoms with Crippen LogP contribution in [0.2, 0.25) is 5.02 Å². The summed E-state index contributed by atoms with van der Waals surface area (Å²) in [5.41, 5.74) is 5.54. The third-order valence-corrected chi connectivity index (χ3v) is 3.74. The number of carbonyl (C=O) groups excluding carboxylic acids is 2. The van der Waals surface area contributed by atoms with E-state index in [1.165, 1.54) is 14.2 Å². The monoisotopic (exact) mass is 327 g/mol. The number of benzene rings is 1. The molecule has 0 saturated carbocycles. The van der Waals surface area contributed by atoms with E-state index in [0.29, 0.717) is 30.0 Å². The van der Waals surface area contributed by atoms with E-state index in [1.54, 1.807) is 19.1 Å². The Morgan fingerprint density at radius 2 is 2.00 bits per heavy atom. The quantitative estimate of drug-likeness (QED) is 0.742. The van der Waals surface area contributed by atoms with Crippen LogP contribution in [-0.4, -0.2) is 31.5 Å². The third kappa shape index (κ3) is 5.00. The number of Topliss-reactive ketones (excluding diaryl/α,β-unsaturated/α-hetero) is 1. The van der Waals surface area contributed by atoms with E-state index in [1.807, 2.05) is 6.07 Å². The van der Waals surface area contributed by atoms with Crippen molar-refractivity contribution < 1.29 is 19.1 Å². The lowest BCUT2D eigenvalue weighted by Gasteiger charge is -2.20. The third-order valence-electron chi connectivity index (χ3n) is 3.44. The maximum Gasteiger partial charge on any atom is 0.325 e. The van der Waals surface area contributed by atoms with Crippen LogP contribution in [0.1, 0.15) is 31.7 Å². The molecule has 22 heavy (non-hydrogen) atoms. The second-order valence-corrected chi connectivity index (χ2v) is 5.82. The highest BCUT2D eigenvalue weighted by atomic mass is 35.5. The zero-order chi connectivity index (χ0) is 16.8. The summed E-state index contributed by atoms with van der Waals surface area (Å²) in [5.74, 6) is 0.0911. The largest absolute Gasteiger partial charge is 0.495 e. The molecule has 0 amide bonds. The number of rotatable bonds is 8. The standard InChI is InChI=1S/C16H22ClNO4/c1-16(18,15(20)22-3)9-5-7-12(19)10-11-6-4-8-13(17)14(11)21-2/h4,6,8H,5,7,9-10,18H2,1-3H3. The molecular weight excluding hydrogens is 306 g/mol. The molecule has 1 atom stereocenters. The summed E-state index contributed by atoms with van der Waals surface area (Å²) in [6, 6.07) is 5.30. The van der Waals surface area contributed by atoms with Gasteiger partial charge in [0.05, 0.1) is 19.2 Å². The van der Waals surface area contributed by atoms with Crippen molar-refractivity contribution >= 4 is 23.4 Å². The first-order chi connectivity index (χ1) is 10.3. The van der Waals surface area contributed by atoms with Gasteiger partial charge in [0.25, 0.3) is 0 Å². The van der Waals surface area contributed by atoms with Gasteiger partial charge in [-0.25, -0.2) is 0 Å². The highest BCUT2D eigenvalue weighted by Crippen LogP contribution is 2.29. The molecule has 0 aromatic heterocycles. The lowest BCUT2D eigenvalue weighted by Crippen LogP contribution is -2.45. The summed E-state index contributed by atoms with van der Waals surface area (Å²) in [7, 11) is 2.81. The molecule has 0 aliphatic rings. The van der Waals surface area contributed by atoms with Gasteiger partial charge < -0.3 is 15.2 Å². The predicted molar refractivity (Wildman–Crippen MR) is 85.2 cm³/mol. The number of hydrogen-bond acceptors (Lipinski definition) is 5. The lowest BCUT2D eigenvalue weighted by molar-refractivity contribution is -0.146. The van der Waals surface area contributed by atoms with Gasteiger partial charge in [0.15, 0.2) is 0 Å². The van der Waals surface area contributed by atoms with Gasteiger partial charge in [0.2, 0.25) is 0 Å². The van der Waals surface area contributed by atoms with Crippen LogP contribution in [0.4, 0.5) is 0 Å². The average molecular weight is 328 g/mol. The summed E-state index contributed by atoms with van der Waals surface area (Å²) in [6.07, 6.45) is 1.48. The molecule has 0 heterocycles. The number of nitrogens with two attached hydrogens (primary N) is 1. The number of methoxy groups -OCH3 is 2. The molecule has 1 unspecified atom stereocenters. The van der Waals surface area contributed by atoms with Gasteiger partial charge >= 0.3 is 5.97 Å². The van der Waals surface area contributed by atoms with E-state index in [9.17, 15) is 9.59 Å². The Hall–Kier alpha value is -1.59. The van der Waals surface area contributed by atoms with Crippen LogP contribution in [0.5, 0.6) is 5.75 Å². The van der Waals surface area contributed by atoms with E-state index in [0.717, 1.165) is 5.56 Å². The number of ether oxygens (including phenoxy) is 2. The van der Waals surface area contributed by atoms with Crippen LogP contribution in [0, 0.1) is 0 Å². The van der Waals surface area contributed by atoms with Gasteiger partial charge in [0.1, 0.15) is 17.1 Å². The molecule has 6 heteroatoms. The summed E-state index contributed by atoms with van der Waals surface area (Å²) in [5, 5.41) is 0.480. The van der Waals surface area contributed by atoms with Crippen molar-refractivity contribution in [1.29, 1.82) is 0 Å². The van der Waals surface area contributed by atoms with Crippen LogP contribution in [0.25, 0.3) is 0 Å². The topological polar surface area (TPSA) is 78.6 Å². The Morgan fingerprint density at radius 3 is 2.59 bits per heavy atom. The van der Waals surface area contributed by atoms with Crippen LogP contribution in [0.15, 0.2) is 18.2 Å². The van der Waals surface area contributed by atoms with Crippen LogP contribution in [-0.2, 0) is 20.7 Å². The Kier molecular flexibility index (Phi) is 6.84. The number of halogens is 1. The molecular formula is C16H22ClNO4. The zero-order valence-corrected chi connectivity index (χ0v) is 13.9. The van der Waals surface area contributed by atoms with Crippen LogP contribution >= 0.6 is 11.6 Å². The fraction of sp³-hybridized carbons (Fsp3) is 0.500. The SMILES string of the molecule is COC(=O)C(C)(N)CCCC(=O)Cc1cccc(Cl)c1OC. The van der Waals surface area contributed by atoms with Gasteiger partial charge in [-0.15, -0.1) is 0 Å². The van der Waals surface area contributed by atoms with Gasteiger partial charge in [-0.05, 0) is 25.8 Å². The Labute approximate surface area is 135 Å². The van der Waals surface area contributed by atoms with E-state index in [2.05, 4.69) is 4.74 Å². The smallest absolute Gasteiger partial charge is 0.325 e. The molecule has 0 fully saturated rings. The van der Waals surface area contributed by atoms with Crippen molar-refractivity contribution in [3.05, 3.63) is 28.8 Å². The Bertz CT molecular complexity index is 543. The number of esters is 1. The fourth-order valence-corrected chi connectivity index (χ4v) is 2.48. The molecule has 1 rings (SSSR count). The Balaban J connectivity index is 2.55. The molecule has 0 bridgehead atoms. The number of hydrogen-bond donors (Lipinski definition) is 1. The van der Waals surface area contributed by atoms with Crippen molar-refractivity contribution in [2.45, 2.75) is 38.1 Å². The highest BCUT2D eigenvalue weighted by Gasteiger charge is 2.28. The Morgan fingerprint density at radius 1 is 1.32 bits per heavy atom. The van der Waals surface area contributed by atoms with Crippen molar-refractivity contribution in [1.82, 2.24) is 0 Å². The lowest BCUT2D eigenvalue weighted by atomic mass is 9.94. The molecule has 122 valence electrons. The minimum Gasteiger partial charge on any atom is -0.495 e. The highest BCUT2D eigenvalue weighted by molar-refractivity contribution is 6.32. The maximum absolute atomic E-state index is 12.1. The van der Waals surface area contributed by atoms with Crippen LogP contribution in [0.3, 0.4) is 0 Å². The van der Waals surface area contributed by atoms with Crippen LogP contribution < -0.4 is 10.5 Å². The first-order valence-electron chi connectivity index (χ1n) is 7.02. The summed E-state index contributed by atoms with van der Waals surface area (Å²) >= 11 is 6.02. The van der Waals surface area contributed by atoms with Gasteiger partial charge in [-0.3, -0.25) is 9.59 Å².